The average molecular weight is 307 g/mol. The van der Waals surface area contributed by atoms with Crippen LogP contribution >= 0.6 is 0 Å². The van der Waals surface area contributed by atoms with Gasteiger partial charge in [-0.15, -0.1) is 0 Å². The third-order valence-corrected chi connectivity index (χ3v) is 2.58. The maximum absolute atomic E-state index is 11.8. The molecule has 1 amide bonds. The van der Waals surface area contributed by atoms with Crippen LogP contribution in [0, 0.1) is 11.3 Å². The molecule has 0 radical (unpaired) electrons. The molecule has 1 aromatic rings. The molecule has 0 aliphatic rings. The highest BCUT2D eigenvalue weighted by Gasteiger charge is 2.18. The Morgan fingerprint density at radius 1 is 1.36 bits per heavy atom. The summed E-state index contributed by atoms with van der Waals surface area (Å²) in [6.45, 7) is 7.76. The molecular weight excluding hydrogens is 286 g/mol. The minimum absolute atomic E-state index is 0.227. The predicted molar refractivity (Wildman–Crippen MR) is 79.3 cm³/mol. The van der Waals surface area contributed by atoms with Crippen LogP contribution in [0.5, 0.6) is 0 Å². The molecule has 7 nitrogen and oxygen atoms in total. The Balaban J connectivity index is 2.69. The van der Waals surface area contributed by atoms with Crippen molar-refractivity contribution in [2.24, 2.45) is 0 Å². The summed E-state index contributed by atoms with van der Waals surface area (Å²) in [6.07, 6.45) is -0.546. The molecule has 22 heavy (non-hydrogen) atoms. The van der Waals surface area contributed by atoms with E-state index in [9.17, 15) is 9.59 Å². The second-order valence-electron chi connectivity index (χ2n) is 5.52. The summed E-state index contributed by atoms with van der Waals surface area (Å²) in [7, 11) is 0. The number of ether oxygens (including phenoxy) is 2. The number of carbonyl (C=O) groups excluding carboxylic acids is 2. The number of amides is 1. The van der Waals surface area contributed by atoms with Gasteiger partial charge in [0, 0.05) is 13.1 Å². The molecule has 120 valence electrons. The predicted octanol–water partition coefficient (Wildman–Crippen LogP) is 2.06. The number of hydrogen-bond acceptors (Lipinski definition) is 5. The minimum atomic E-state index is -0.578. The van der Waals surface area contributed by atoms with Gasteiger partial charge in [-0.05, 0) is 39.8 Å². The van der Waals surface area contributed by atoms with Gasteiger partial charge in [-0.2, -0.15) is 5.26 Å². The Bertz CT molecular complexity index is 579. The Morgan fingerprint density at radius 3 is 2.59 bits per heavy atom. The van der Waals surface area contributed by atoms with Crippen molar-refractivity contribution in [1.29, 1.82) is 5.26 Å². The maximum Gasteiger partial charge on any atom is 0.407 e. The lowest BCUT2D eigenvalue weighted by molar-refractivity contribution is 0.0513. The monoisotopic (exact) mass is 307 g/mol. The minimum Gasteiger partial charge on any atom is -0.461 e. The van der Waals surface area contributed by atoms with E-state index in [1.54, 1.807) is 33.8 Å². The molecule has 1 aromatic heterocycles. The number of nitrogens with zero attached hydrogens (tertiary/aromatic N) is 2. The Labute approximate surface area is 129 Å². The van der Waals surface area contributed by atoms with E-state index in [1.807, 2.05) is 6.07 Å². The lowest BCUT2D eigenvalue weighted by Gasteiger charge is -2.20. The van der Waals surface area contributed by atoms with E-state index >= 15 is 0 Å². The molecule has 0 bridgehead atoms. The first-order valence-corrected chi connectivity index (χ1v) is 7.02. The fraction of sp³-hybridized carbons (Fsp3) is 0.533. The van der Waals surface area contributed by atoms with Gasteiger partial charge in [0.05, 0.1) is 6.61 Å². The zero-order valence-corrected chi connectivity index (χ0v) is 13.3. The first kappa shape index (κ1) is 17.6. The first-order chi connectivity index (χ1) is 10.3. The van der Waals surface area contributed by atoms with E-state index in [4.69, 9.17) is 14.7 Å². The van der Waals surface area contributed by atoms with Crippen LogP contribution in [-0.2, 0) is 16.0 Å². The maximum atomic E-state index is 11.8. The molecule has 0 saturated heterocycles. The fourth-order valence-electron chi connectivity index (χ4n) is 1.77. The molecule has 0 unspecified atom stereocenters. The number of aromatic nitrogens is 1. The molecule has 1 heterocycles. The van der Waals surface area contributed by atoms with Gasteiger partial charge in [0.2, 0.25) is 0 Å². The third-order valence-electron chi connectivity index (χ3n) is 2.58. The van der Waals surface area contributed by atoms with E-state index in [2.05, 4.69) is 5.32 Å². The van der Waals surface area contributed by atoms with Gasteiger partial charge < -0.3 is 19.4 Å². The largest absolute Gasteiger partial charge is 0.461 e. The summed E-state index contributed by atoms with van der Waals surface area (Å²) in [5, 5.41) is 11.7. The topological polar surface area (TPSA) is 93.4 Å². The van der Waals surface area contributed by atoms with Gasteiger partial charge in [-0.3, -0.25) is 0 Å². The molecule has 1 rings (SSSR count). The van der Waals surface area contributed by atoms with Crippen LogP contribution in [0.3, 0.4) is 0 Å². The number of nitriles is 1. The highest BCUT2D eigenvalue weighted by atomic mass is 16.6. The van der Waals surface area contributed by atoms with Crippen molar-refractivity contribution in [3.63, 3.8) is 0 Å². The molecule has 0 aliphatic carbocycles. The lowest BCUT2D eigenvalue weighted by atomic mass is 10.2. The zero-order valence-electron chi connectivity index (χ0n) is 13.3. The molecule has 0 saturated carbocycles. The van der Waals surface area contributed by atoms with Gasteiger partial charge in [-0.25, -0.2) is 9.59 Å². The molecule has 0 aliphatic heterocycles. The zero-order chi connectivity index (χ0) is 16.8. The van der Waals surface area contributed by atoms with Crippen molar-refractivity contribution in [2.75, 3.05) is 13.2 Å². The van der Waals surface area contributed by atoms with Crippen molar-refractivity contribution < 1.29 is 19.1 Å². The SMILES string of the molecule is CCOC(=O)c1ccc(C#N)n1CCNC(=O)OC(C)(C)C. The normalized spacial score (nSPS) is 10.7. The summed E-state index contributed by atoms with van der Waals surface area (Å²) < 4.78 is 11.6. The number of esters is 1. The highest BCUT2D eigenvalue weighted by Crippen LogP contribution is 2.10. The summed E-state index contributed by atoms with van der Waals surface area (Å²) in [5.41, 5.74) is 0.0317. The molecule has 0 spiro atoms. The summed E-state index contributed by atoms with van der Waals surface area (Å²) >= 11 is 0. The van der Waals surface area contributed by atoms with Crippen molar-refractivity contribution in [3.8, 4) is 6.07 Å². The first-order valence-electron chi connectivity index (χ1n) is 7.02. The Morgan fingerprint density at radius 2 is 2.05 bits per heavy atom. The Hall–Kier alpha value is -2.49. The molecule has 0 aromatic carbocycles. The van der Waals surface area contributed by atoms with E-state index in [0.717, 1.165) is 0 Å². The van der Waals surface area contributed by atoms with Crippen LogP contribution in [0.2, 0.25) is 0 Å². The number of alkyl carbamates (subject to hydrolysis) is 1. The number of rotatable bonds is 5. The summed E-state index contributed by atoms with van der Waals surface area (Å²) in [4.78, 5) is 23.4. The number of carbonyl (C=O) groups is 2. The third kappa shape index (κ3) is 5.13. The van der Waals surface area contributed by atoms with Crippen LogP contribution in [0.1, 0.15) is 43.9 Å². The number of nitrogens with one attached hydrogen (secondary N) is 1. The van der Waals surface area contributed by atoms with E-state index in [-0.39, 0.29) is 25.4 Å². The van der Waals surface area contributed by atoms with Crippen LogP contribution in [0.25, 0.3) is 0 Å². The molecule has 0 atom stereocenters. The highest BCUT2D eigenvalue weighted by molar-refractivity contribution is 5.88. The van der Waals surface area contributed by atoms with Gasteiger partial charge in [0.15, 0.2) is 0 Å². The second-order valence-corrected chi connectivity index (χ2v) is 5.52. The second kappa shape index (κ2) is 7.50. The molecule has 1 N–H and O–H groups in total. The quantitative estimate of drug-likeness (QED) is 0.840. The smallest absolute Gasteiger partial charge is 0.407 e. The summed E-state index contributed by atoms with van der Waals surface area (Å²) in [5.74, 6) is -0.499. The fourth-order valence-corrected chi connectivity index (χ4v) is 1.77. The van der Waals surface area contributed by atoms with E-state index < -0.39 is 17.7 Å². The Kier molecular flexibility index (Phi) is 5.99. The van der Waals surface area contributed by atoms with Crippen LogP contribution in [0.4, 0.5) is 4.79 Å². The van der Waals surface area contributed by atoms with Gasteiger partial charge in [0.25, 0.3) is 0 Å². The van der Waals surface area contributed by atoms with E-state index in [0.29, 0.717) is 5.69 Å². The van der Waals surface area contributed by atoms with Crippen LogP contribution in [0.15, 0.2) is 12.1 Å². The van der Waals surface area contributed by atoms with Gasteiger partial charge >= 0.3 is 12.1 Å². The average Bonchev–Trinajstić information content (AvgIpc) is 2.80. The van der Waals surface area contributed by atoms with Crippen LogP contribution in [-0.4, -0.2) is 35.4 Å². The lowest BCUT2D eigenvalue weighted by Crippen LogP contribution is -2.34. The van der Waals surface area contributed by atoms with Crippen molar-refractivity contribution in [3.05, 3.63) is 23.5 Å². The van der Waals surface area contributed by atoms with Crippen LogP contribution < -0.4 is 5.32 Å². The number of hydrogen-bond donors (Lipinski definition) is 1. The van der Waals surface area contributed by atoms with E-state index in [1.165, 1.54) is 10.6 Å². The molecule has 7 heteroatoms. The van der Waals surface area contributed by atoms with Gasteiger partial charge in [-0.1, -0.05) is 0 Å². The standard InChI is InChI=1S/C15H21N3O4/c1-5-21-13(19)12-7-6-11(10-16)18(12)9-8-17-14(20)22-15(2,3)4/h6-7H,5,8-9H2,1-4H3,(H,17,20). The molecular formula is C15H21N3O4. The van der Waals surface area contributed by atoms with Crippen molar-refractivity contribution >= 4 is 12.1 Å². The van der Waals surface area contributed by atoms with Crippen molar-refractivity contribution in [2.45, 2.75) is 39.8 Å². The van der Waals surface area contributed by atoms with Crippen molar-refractivity contribution in [1.82, 2.24) is 9.88 Å². The van der Waals surface area contributed by atoms with Gasteiger partial charge in [0.1, 0.15) is 23.1 Å². The molecule has 0 fully saturated rings. The summed E-state index contributed by atoms with van der Waals surface area (Å²) in [6, 6.07) is 5.07.